The zero-order valence-electron chi connectivity index (χ0n) is 6.41. The number of rotatable bonds is 3. The van der Waals surface area contributed by atoms with Gasteiger partial charge in [-0.15, -0.1) is 11.5 Å². The van der Waals surface area contributed by atoms with Crippen molar-refractivity contribution in [1.82, 2.24) is 15.0 Å². The fraction of sp³-hybridized carbons (Fsp3) is 0.429. The molecule has 0 saturated carbocycles. The smallest absolute Gasteiger partial charge is 0.145 e. The van der Waals surface area contributed by atoms with Crippen molar-refractivity contribution in [3.05, 3.63) is 6.20 Å². The highest BCUT2D eigenvalue weighted by atomic mass is 15.4. The van der Waals surface area contributed by atoms with E-state index in [1.807, 2.05) is 6.92 Å². The summed E-state index contributed by atoms with van der Waals surface area (Å²) >= 11 is 0. The number of nitrogens with zero attached hydrogens (tertiary/aromatic N) is 3. The molecule has 0 bridgehead atoms. The van der Waals surface area contributed by atoms with Crippen molar-refractivity contribution < 1.29 is 0 Å². The first kappa shape index (κ1) is 7.61. The van der Waals surface area contributed by atoms with E-state index in [4.69, 9.17) is 6.42 Å². The van der Waals surface area contributed by atoms with E-state index in [1.54, 1.807) is 10.9 Å². The minimum absolute atomic E-state index is 0.507. The van der Waals surface area contributed by atoms with Gasteiger partial charge in [-0.3, -0.25) is 0 Å². The van der Waals surface area contributed by atoms with E-state index < -0.39 is 0 Å². The summed E-state index contributed by atoms with van der Waals surface area (Å²) in [6.07, 6.45) is 6.73. The van der Waals surface area contributed by atoms with E-state index in [1.165, 1.54) is 0 Å². The van der Waals surface area contributed by atoms with Crippen molar-refractivity contribution in [2.75, 3.05) is 11.9 Å². The summed E-state index contributed by atoms with van der Waals surface area (Å²) in [6, 6.07) is 0. The largest absolute Gasteiger partial charge is 0.358 e. The Morgan fingerprint density at radius 1 is 1.82 bits per heavy atom. The molecule has 0 aromatic carbocycles. The van der Waals surface area contributed by atoms with Crippen LogP contribution in [-0.4, -0.2) is 21.5 Å². The van der Waals surface area contributed by atoms with Gasteiger partial charge in [-0.2, -0.15) is 0 Å². The summed E-state index contributed by atoms with van der Waals surface area (Å²) in [4.78, 5) is 0. The van der Waals surface area contributed by atoms with Crippen LogP contribution in [0.5, 0.6) is 0 Å². The molecule has 0 atom stereocenters. The first-order chi connectivity index (χ1) is 5.38. The molecule has 0 aliphatic heterocycles. The van der Waals surface area contributed by atoms with E-state index >= 15 is 0 Å². The SMILES string of the molecule is C#CCNc1cnnn1CC. The summed E-state index contributed by atoms with van der Waals surface area (Å²) < 4.78 is 1.75. The van der Waals surface area contributed by atoms with Crippen molar-refractivity contribution in [3.63, 3.8) is 0 Å². The van der Waals surface area contributed by atoms with Crippen LogP contribution in [0.3, 0.4) is 0 Å². The Kier molecular flexibility index (Phi) is 2.50. The van der Waals surface area contributed by atoms with Crippen molar-refractivity contribution >= 4 is 5.82 Å². The zero-order valence-corrected chi connectivity index (χ0v) is 6.41. The molecule has 0 aliphatic rings. The van der Waals surface area contributed by atoms with E-state index in [0.717, 1.165) is 12.4 Å². The van der Waals surface area contributed by atoms with E-state index in [-0.39, 0.29) is 0 Å². The molecular weight excluding hydrogens is 140 g/mol. The second-order valence-corrected chi connectivity index (χ2v) is 1.99. The Hall–Kier alpha value is -1.50. The third kappa shape index (κ3) is 1.71. The fourth-order valence-corrected chi connectivity index (χ4v) is 0.770. The van der Waals surface area contributed by atoms with Gasteiger partial charge in [0, 0.05) is 6.54 Å². The standard InChI is InChI=1S/C7H10N4/c1-3-5-8-7-6-9-10-11(7)4-2/h1,6,8H,4-5H2,2H3. The molecule has 0 amide bonds. The molecular formula is C7H10N4. The van der Waals surface area contributed by atoms with E-state index in [9.17, 15) is 0 Å². The van der Waals surface area contributed by atoms with Crippen LogP contribution in [0.1, 0.15) is 6.92 Å². The molecule has 0 radical (unpaired) electrons. The number of aromatic nitrogens is 3. The molecule has 1 rings (SSSR count). The number of nitrogens with one attached hydrogen (secondary N) is 1. The third-order valence-corrected chi connectivity index (χ3v) is 1.29. The van der Waals surface area contributed by atoms with Gasteiger partial charge < -0.3 is 5.32 Å². The highest BCUT2D eigenvalue weighted by molar-refractivity contribution is 5.32. The lowest BCUT2D eigenvalue weighted by Crippen LogP contribution is -2.06. The van der Waals surface area contributed by atoms with Crippen LogP contribution in [0.4, 0.5) is 5.82 Å². The van der Waals surface area contributed by atoms with Gasteiger partial charge >= 0.3 is 0 Å². The van der Waals surface area contributed by atoms with Gasteiger partial charge in [-0.05, 0) is 6.92 Å². The molecule has 4 nitrogen and oxygen atoms in total. The molecule has 0 fully saturated rings. The van der Waals surface area contributed by atoms with Crippen LogP contribution < -0.4 is 5.32 Å². The average Bonchev–Trinajstić information content (AvgIpc) is 2.47. The normalized spacial score (nSPS) is 9.09. The molecule has 1 heterocycles. The number of terminal acetylenes is 1. The lowest BCUT2D eigenvalue weighted by molar-refractivity contribution is 0.632. The highest BCUT2D eigenvalue weighted by Gasteiger charge is 1.97. The summed E-state index contributed by atoms with van der Waals surface area (Å²) in [6.45, 7) is 3.30. The first-order valence-electron chi connectivity index (χ1n) is 3.44. The number of hydrogen-bond donors (Lipinski definition) is 1. The van der Waals surface area contributed by atoms with Gasteiger partial charge in [0.1, 0.15) is 5.82 Å². The molecule has 11 heavy (non-hydrogen) atoms. The molecule has 1 aromatic heterocycles. The fourth-order valence-electron chi connectivity index (χ4n) is 0.770. The molecule has 0 aliphatic carbocycles. The highest BCUT2D eigenvalue weighted by Crippen LogP contribution is 2.01. The maximum Gasteiger partial charge on any atom is 0.145 e. The maximum atomic E-state index is 5.07. The van der Waals surface area contributed by atoms with E-state index in [2.05, 4.69) is 21.5 Å². The van der Waals surface area contributed by atoms with Gasteiger partial charge in [0.25, 0.3) is 0 Å². The van der Waals surface area contributed by atoms with Crippen LogP contribution in [0.25, 0.3) is 0 Å². The molecule has 0 saturated heterocycles. The summed E-state index contributed by atoms with van der Waals surface area (Å²) in [5.74, 6) is 3.34. The Bertz CT molecular complexity index is 258. The topological polar surface area (TPSA) is 42.7 Å². The van der Waals surface area contributed by atoms with Crippen LogP contribution >= 0.6 is 0 Å². The molecule has 1 aromatic rings. The monoisotopic (exact) mass is 150 g/mol. The quantitative estimate of drug-likeness (QED) is 0.632. The van der Waals surface area contributed by atoms with E-state index in [0.29, 0.717) is 6.54 Å². The lowest BCUT2D eigenvalue weighted by atomic mass is 10.6. The number of aryl methyl sites for hydroxylation is 1. The van der Waals surface area contributed by atoms with Gasteiger partial charge in [-0.25, -0.2) is 4.68 Å². The van der Waals surface area contributed by atoms with Crippen LogP contribution in [0.2, 0.25) is 0 Å². The Morgan fingerprint density at radius 2 is 2.64 bits per heavy atom. The molecule has 1 N–H and O–H groups in total. The lowest BCUT2D eigenvalue weighted by Gasteiger charge is -2.01. The molecule has 0 spiro atoms. The van der Waals surface area contributed by atoms with Gasteiger partial charge in [0.2, 0.25) is 0 Å². The minimum atomic E-state index is 0.507. The maximum absolute atomic E-state index is 5.07. The Balaban J connectivity index is 2.62. The summed E-state index contributed by atoms with van der Waals surface area (Å²) in [7, 11) is 0. The summed E-state index contributed by atoms with van der Waals surface area (Å²) in [5, 5.41) is 10.5. The average molecular weight is 150 g/mol. The Labute approximate surface area is 65.6 Å². The van der Waals surface area contributed by atoms with Gasteiger partial charge in [-0.1, -0.05) is 11.1 Å². The molecule has 58 valence electrons. The Morgan fingerprint density at radius 3 is 3.27 bits per heavy atom. The van der Waals surface area contributed by atoms with Crippen molar-refractivity contribution in [2.45, 2.75) is 13.5 Å². The third-order valence-electron chi connectivity index (χ3n) is 1.29. The van der Waals surface area contributed by atoms with Gasteiger partial charge in [0.05, 0.1) is 12.7 Å². The number of anilines is 1. The molecule has 0 unspecified atom stereocenters. The predicted octanol–water partition coefficient (Wildman–Crippen LogP) is 0.343. The zero-order chi connectivity index (χ0) is 8.10. The predicted molar refractivity (Wildman–Crippen MR) is 43.0 cm³/mol. The van der Waals surface area contributed by atoms with Crippen molar-refractivity contribution in [1.29, 1.82) is 0 Å². The number of hydrogen-bond acceptors (Lipinski definition) is 3. The first-order valence-corrected chi connectivity index (χ1v) is 3.44. The van der Waals surface area contributed by atoms with Crippen LogP contribution in [-0.2, 0) is 6.54 Å². The molecule has 4 heteroatoms. The second kappa shape index (κ2) is 3.62. The van der Waals surface area contributed by atoms with Crippen LogP contribution in [0.15, 0.2) is 6.20 Å². The van der Waals surface area contributed by atoms with Crippen molar-refractivity contribution in [3.8, 4) is 12.3 Å². The van der Waals surface area contributed by atoms with Crippen LogP contribution in [0, 0.1) is 12.3 Å². The van der Waals surface area contributed by atoms with Crippen molar-refractivity contribution in [2.24, 2.45) is 0 Å². The summed E-state index contributed by atoms with van der Waals surface area (Å²) in [5.41, 5.74) is 0. The second-order valence-electron chi connectivity index (χ2n) is 1.99. The van der Waals surface area contributed by atoms with Gasteiger partial charge in [0.15, 0.2) is 0 Å². The minimum Gasteiger partial charge on any atom is -0.358 e.